The van der Waals surface area contributed by atoms with Crippen molar-refractivity contribution in [2.45, 2.75) is 73.1 Å². The largest absolute Gasteiger partial charge is 0.396 e. The molecule has 0 radical (unpaired) electrons. The summed E-state index contributed by atoms with van der Waals surface area (Å²) in [5.74, 6) is 2.68. The van der Waals surface area contributed by atoms with Crippen LogP contribution in [0.25, 0.3) is 0 Å². The van der Waals surface area contributed by atoms with Crippen LogP contribution in [0.4, 0.5) is 0 Å². The van der Waals surface area contributed by atoms with Gasteiger partial charge >= 0.3 is 0 Å². The Labute approximate surface area is 132 Å². The number of rotatable bonds is 4. The Morgan fingerprint density at radius 3 is 2.52 bits per heavy atom. The van der Waals surface area contributed by atoms with Crippen LogP contribution in [0.3, 0.4) is 0 Å². The average Bonchev–Trinajstić information content (AvgIpc) is 2.41. The van der Waals surface area contributed by atoms with Gasteiger partial charge in [-0.15, -0.1) is 0 Å². The molecule has 1 heteroatoms. The van der Waals surface area contributed by atoms with E-state index in [1.165, 1.54) is 32.1 Å². The fourth-order valence-corrected chi connectivity index (χ4v) is 5.56. The van der Waals surface area contributed by atoms with Gasteiger partial charge in [-0.3, -0.25) is 0 Å². The molecule has 1 N–H and O–H groups in total. The molecule has 0 amide bonds. The van der Waals surface area contributed by atoms with Crippen molar-refractivity contribution < 1.29 is 5.11 Å². The minimum atomic E-state index is 0.291. The van der Waals surface area contributed by atoms with Gasteiger partial charge in [-0.2, -0.15) is 0 Å². The fraction of sp³-hybridized carbons (Fsp3) is 0.900. The SMILES string of the molecule is CC[C@H](/C=C\[C@H]1[C@@H](C)CC[C@H]2C(C)(C)CCC[C@]12C)CO. The zero-order valence-corrected chi connectivity index (χ0v) is 14.9. The normalized spacial score (nSPS) is 41.0. The molecule has 2 fully saturated rings. The van der Waals surface area contributed by atoms with E-state index in [1.54, 1.807) is 0 Å². The quantitative estimate of drug-likeness (QED) is 0.684. The summed E-state index contributed by atoms with van der Waals surface area (Å²) in [7, 11) is 0. The van der Waals surface area contributed by atoms with Crippen LogP contribution < -0.4 is 0 Å². The van der Waals surface area contributed by atoms with Crippen molar-refractivity contribution in [3.8, 4) is 0 Å². The van der Waals surface area contributed by atoms with Crippen LogP contribution in [0.2, 0.25) is 0 Å². The van der Waals surface area contributed by atoms with Crippen molar-refractivity contribution in [3.63, 3.8) is 0 Å². The highest BCUT2D eigenvalue weighted by Crippen LogP contribution is 2.61. The van der Waals surface area contributed by atoms with Gasteiger partial charge in [-0.1, -0.05) is 53.2 Å². The van der Waals surface area contributed by atoms with E-state index in [4.69, 9.17) is 0 Å². The summed E-state index contributed by atoms with van der Waals surface area (Å²) in [4.78, 5) is 0. The topological polar surface area (TPSA) is 20.2 Å². The van der Waals surface area contributed by atoms with Gasteiger partial charge in [-0.25, -0.2) is 0 Å². The minimum absolute atomic E-state index is 0.291. The van der Waals surface area contributed by atoms with Gasteiger partial charge in [0.15, 0.2) is 0 Å². The van der Waals surface area contributed by atoms with Crippen LogP contribution in [0.5, 0.6) is 0 Å². The number of fused-ring (bicyclic) bond motifs is 1. The van der Waals surface area contributed by atoms with Crippen LogP contribution in [0.1, 0.15) is 73.1 Å². The molecule has 0 aromatic carbocycles. The summed E-state index contributed by atoms with van der Waals surface area (Å²) >= 11 is 0. The summed E-state index contributed by atoms with van der Waals surface area (Å²) in [6, 6.07) is 0. The van der Waals surface area contributed by atoms with Gasteiger partial charge in [0.05, 0.1) is 0 Å². The Morgan fingerprint density at radius 2 is 1.90 bits per heavy atom. The predicted octanol–water partition coefficient (Wildman–Crippen LogP) is 5.44. The van der Waals surface area contributed by atoms with Gasteiger partial charge in [0.1, 0.15) is 0 Å². The monoisotopic (exact) mass is 292 g/mol. The lowest BCUT2D eigenvalue weighted by molar-refractivity contribution is -0.0769. The summed E-state index contributed by atoms with van der Waals surface area (Å²) in [5.41, 5.74) is 0.962. The van der Waals surface area contributed by atoms with E-state index >= 15 is 0 Å². The maximum absolute atomic E-state index is 9.45. The van der Waals surface area contributed by atoms with Crippen LogP contribution in [-0.2, 0) is 0 Å². The van der Waals surface area contributed by atoms with E-state index in [1.807, 2.05) is 0 Å². The van der Waals surface area contributed by atoms with Crippen molar-refractivity contribution in [2.75, 3.05) is 6.61 Å². The second-order valence-corrected chi connectivity index (χ2v) is 8.72. The number of hydrogen-bond acceptors (Lipinski definition) is 1. The van der Waals surface area contributed by atoms with Crippen LogP contribution in [0.15, 0.2) is 12.2 Å². The Kier molecular flexibility index (Phi) is 5.23. The zero-order valence-electron chi connectivity index (χ0n) is 14.9. The molecule has 0 bridgehead atoms. The summed E-state index contributed by atoms with van der Waals surface area (Å²) < 4.78 is 0. The summed E-state index contributed by atoms with van der Waals surface area (Å²) in [6.07, 6.45) is 12.8. The predicted molar refractivity (Wildman–Crippen MR) is 91.1 cm³/mol. The summed E-state index contributed by atoms with van der Waals surface area (Å²) in [6.45, 7) is 12.5. The molecule has 122 valence electrons. The molecule has 1 nitrogen and oxygen atoms in total. The minimum Gasteiger partial charge on any atom is -0.396 e. The molecule has 0 unspecified atom stereocenters. The second-order valence-electron chi connectivity index (χ2n) is 8.72. The highest BCUT2D eigenvalue weighted by molar-refractivity contribution is 5.09. The highest BCUT2D eigenvalue weighted by Gasteiger charge is 2.52. The Hall–Kier alpha value is -0.300. The molecule has 2 aliphatic rings. The van der Waals surface area contributed by atoms with E-state index in [-0.39, 0.29) is 0 Å². The van der Waals surface area contributed by atoms with Gasteiger partial charge in [0, 0.05) is 6.61 Å². The molecule has 0 heterocycles. The molecule has 5 atom stereocenters. The van der Waals surface area contributed by atoms with Crippen molar-refractivity contribution in [1.29, 1.82) is 0 Å². The number of allylic oxidation sites excluding steroid dienone is 1. The van der Waals surface area contributed by atoms with E-state index in [9.17, 15) is 5.11 Å². The Balaban J connectivity index is 2.25. The van der Waals surface area contributed by atoms with Crippen molar-refractivity contribution in [2.24, 2.45) is 34.5 Å². The first kappa shape index (κ1) is 17.1. The smallest absolute Gasteiger partial charge is 0.0493 e. The fourth-order valence-electron chi connectivity index (χ4n) is 5.56. The Morgan fingerprint density at radius 1 is 1.19 bits per heavy atom. The van der Waals surface area contributed by atoms with Gasteiger partial charge in [-0.05, 0) is 66.6 Å². The van der Waals surface area contributed by atoms with Gasteiger partial charge in [0.2, 0.25) is 0 Å². The Bertz CT molecular complexity index is 366. The van der Waals surface area contributed by atoms with E-state index < -0.39 is 0 Å². The van der Waals surface area contributed by atoms with Crippen LogP contribution >= 0.6 is 0 Å². The maximum atomic E-state index is 9.45. The van der Waals surface area contributed by atoms with E-state index in [2.05, 4.69) is 46.8 Å². The molecule has 0 aromatic heterocycles. The average molecular weight is 293 g/mol. The number of hydrogen-bond donors (Lipinski definition) is 1. The first-order valence-corrected chi connectivity index (χ1v) is 9.14. The molecule has 2 aliphatic carbocycles. The highest BCUT2D eigenvalue weighted by atomic mass is 16.3. The lowest BCUT2D eigenvalue weighted by Gasteiger charge is -2.58. The molecule has 21 heavy (non-hydrogen) atoms. The van der Waals surface area contributed by atoms with Gasteiger partial charge in [0.25, 0.3) is 0 Å². The first-order chi connectivity index (χ1) is 9.85. The molecule has 0 spiro atoms. The first-order valence-electron chi connectivity index (χ1n) is 9.14. The van der Waals surface area contributed by atoms with E-state index in [0.717, 1.165) is 18.3 Å². The lowest BCUT2D eigenvalue weighted by atomic mass is 9.46. The standard InChI is InChI=1S/C20H36O/c1-6-16(14-21)9-10-17-15(2)8-11-18-19(3,4)12-7-13-20(17,18)5/h9-10,15-18,21H,6-8,11-14H2,1-5H3/b10-9-/t15-,16+,17-,18-,20+/m0/s1. The molecule has 0 aliphatic heterocycles. The molecular weight excluding hydrogens is 256 g/mol. The molecule has 0 aromatic rings. The second kappa shape index (κ2) is 6.44. The van der Waals surface area contributed by atoms with Crippen molar-refractivity contribution >= 4 is 0 Å². The zero-order chi connectivity index (χ0) is 15.7. The number of aliphatic hydroxyl groups excluding tert-OH is 1. The molecule has 2 saturated carbocycles. The van der Waals surface area contributed by atoms with E-state index in [0.29, 0.717) is 29.3 Å². The third kappa shape index (κ3) is 3.23. The van der Waals surface area contributed by atoms with Crippen molar-refractivity contribution in [1.82, 2.24) is 0 Å². The van der Waals surface area contributed by atoms with Crippen molar-refractivity contribution in [3.05, 3.63) is 12.2 Å². The third-order valence-corrected chi connectivity index (χ3v) is 6.91. The molecular formula is C20H36O. The molecule has 0 saturated heterocycles. The van der Waals surface area contributed by atoms with Crippen LogP contribution in [0, 0.1) is 34.5 Å². The molecule has 2 rings (SSSR count). The number of aliphatic hydroxyl groups is 1. The summed E-state index contributed by atoms with van der Waals surface area (Å²) in [5, 5.41) is 9.45. The van der Waals surface area contributed by atoms with Crippen LogP contribution in [-0.4, -0.2) is 11.7 Å². The maximum Gasteiger partial charge on any atom is 0.0493 e. The van der Waals surface area contributed by atoms with Gasteiger partial charge < -0.3 is 5.11 Å². The lowest BCUT2D eigenvalue weighted by Crippen LogP contribution is -2.50. The third-order valence-electron chi connectivity index (χ3n) is 6.91.